The van der Waals surface area contributed by atoms with Crippen molar-refractivity contribution < 1.29 is 23.4 Å². The highest BCUT2D eigenvalue weighted by atomic mass is 32.2. The number of carboxylic acids is 1. The van der Waals surface area contributed by atoms with Gasteiger partial charge in [0.05, 0.1) is 5.69 Å². The van der Waals surface area contributed by atoms with Crippen LogP contribution in [0.15, 0.2) is 4.90 Å². The molecule has 2 rings (SSSR count). The number of hydrogen-bond donors (Lipinski definition) is 4. The molecule has 1 aliphatic carbocycles. The molecule has 112 valence electrons. The van der Waals surface area contributed by atoms with Crippen LogP contribution in [-0.4, -0.2) is 47.4 Å². The molecule has 20 heavy (non-hydrogen) atoms. The summed E-state index contributed by atoms with van der Waals surface area (Å²) in [6.45, 7) is 1.36. The Labute approximate surface area is 116 Å². The second-order valence-corrected chi connectivity index (χ2v) is 6.58. The molecule has 1 heterocycles. The molecule has 1 aromatic heterocycles. The van der Waals surface area contributed by atoms with Gasteiger partial charge in [-0.15, -0.1) is 0 Å². The number of aryl methyl sites for hydroxylation is 1. The maximum Gasteiger partial charge on any atom is 0.357 e. The van der Waals surface area contributed by atoms with E-state index in [-0.39, 0.29) is 29.2 Å². The third-order valence-corrected chi connectivity index (χ3v) is 5.21. The maximum absolute atomic E-state index is 12.3. The second kappa shape index (κ2) is 5.51. The van der Waals surface area contributed by atoms with Gasteiger partial charge in [0.2, 0.25) is 10.0 Å². The van der Waals surface area contributed by atoms with E-state index in [4.69, 9.17) is 5.11 Å². The Morgan fingerprint density at radius 2 is 2.20 bits per heavy atom. The Kier molecular flexibility index (Phi) is 4.11. The number of aromatic carboxylic acids is 1. The molecule has 0 aromatic carbocycles. The average molecular weight is 303 g/mol. The van der Waals surface area contributed by atoms with Crippen LogP contribution in [-0.2, 0) is 10.0 Å². The topological polar surface area (TPSA) is 132 Å². The van der Waals surface area contributed by atoms with E-state index < -0.39 is 21.7 Å². The van der Waals surface area contributed by atoms with E-state index in [1.165, 1.54) is 6.92 Å². The number of carbonyl (C=O) groups is 1. The van der Waals surface area contributed by atoms with Gasteiger partial charge in [-0.3, -0.25) is 5.10 Å². The van der Waals surface area contributed by atoms with Gasteiger partial charge in [-0.25, -0.2) is 17.9 Å². The Hall–Kier alpha value is -1.45. The largest absolute Gasteiger partial charge is 0.476 e. The fraction of sp³-hybridized carbons (Fsp3) is 0.636. The van der Waals surface area contributed by atoms with E-state index in [0.717, 1.165) is 12.8 Å². The number of sulfonamides is 1. The van der Waals surface area contributed by atoms with Crippen molar-refractivity contribution in [3.8, 4) is 0 Å². The highest BCUT2D eigenvalue weighted by molar-refractivity contribution is 7.89. The maximum atomic E-state index is 12.3. The monoisotopic (exact) mass is 303 g/mol. The minimum atomic E-state index is -3.99. The smallest absolute Gasteiger partial charge is 0.357 e. The zero-order valence-corrected chi connectivity index (χ0v) is 11.8. The lowest BCUT2D eigenvalue weighted by Crippen LogP contribution is -2.39. The summed E-state index contributed by atoms with van der Waals surface area (Å²) in [7, 11) is -3.99. The average Bonchev–Trinajstić information content (AvgIpc) is 2.94. The highest BCUT2D eigenvalue weighted by Gasteiger charge is 2.34. The van der Waals surface area contributed by atoms with Crippen LogP contribution >= 0.6 is 0 Å². The lowest BCUT2D eigenvalue weighted by atomic mass is 10.1. The zero-order chi connectivity index (χ0) is 14.9. The van der Waals surface area contributed by atoms with E-state index in [1.54, 1.807) is 0 Å². The molecule has 4 N–H and O–H groups in total. The van der Waals surface area contributed by atoms with Gasteiger partial charge >= 0.3 is 5.97 Å². The van der Waals surface area contributed by atoms with Gasteiger partial charge in [0.1, 0.15) is 4.90 Å². The van der Waals surface area contributed by atoms with Gasteiger partial charge in [-0.05, 0) is 25.7 Å². The van der Waals surface area contributed by atoms with Crippen molar-refractivity contribution in [3.63, 3.8) is 0 Å². The van der Waals surface area contributed by atoms with Crippen molar-refractivity contribution in [2.75, 3.05) is 6.61 Å². The highest BCUT2D eigenvalue weighted by Crippen LogP contribution is 2.27. The van der Waals surface area contributed by atoms with E-state index in [2.05, 4.69) is 14.9 Å². The molecule has 1 aromatic rings. The first-order valence-electron chi connectivity index (χ1n) is 6.28. The Balaban J connectivity index is 2.31. The number of rotatable bonds is 5. The minimum absolute atomic E-state index is 0.0939. The fourth-order valence-electron chi connectivity index (χ4n) is 2.56. The SMILES string of the molecule is Cc1[nH]nc(C(=O)O)c1S(=O)(=O)NC1CCCC1CO. The van der Waals surface area contributed by atoms with Gasteiger partial charge in [0, 0.05) is 12.6 Å². The molecule has 0 amide bonds. The Morgan fingerprint density at radius 1 is 1.50 bits per heavy atom. The number of nitrogens with one attached hydrogen (secondary N) is 2. The predicted molar refractivity (Wildman–Crippen MR) is 68.8 cm³/mol. The van der Waals surface area contributed by atoms with Crippen molar-refractivity contribution in [2.45, 2.75) is 37.1 Å². The van der Waals surface area contributed by atoms with Gasteiger partial charge < -0.3 is 10.2 Å². The van der Waals surface area contributed by atoms with Crippen LogP contribution in [0.3, 0.4) is 0 Å². The first-order chi connectivity index (χ1) is 9.36. The van der Waals surface area contributed by atoms with E-state index >= 15 is 0 Å². The van der Waals surface area contributed by atoms with Crippen LogP contribution in [0.25, 0.3) is 0 Å². The van der Waals surface area contributed by atoms with E-state index in [1.807, 2.05) is 0 Å². The molecule has 1 saturated carbocycles. The summed E-state index contributed by atoms with van der Waals surface area (Å²) in [5.41, 5.74) is -0.345. The van der Waals surface area contributed by atoms with E-state index in [9.17, 15) is 18.3 Å². The van der Waals surface area contributed by atoms with Crippen molar-refractivity contribution in [2.24, 2.45) is 5.92 Å². The van der Waals surface area contributed by atoms with Gasteiger partial charge in [-0.1, -0.05) is 6.42 Å². The number of carboxylic acid groups (broad SMARTS) is 1. The molecule has 0 spiro atoms. The standard InChI is InChI=1S/C11H17N3O5S/c1-6-10(9(11(16)17)13-12-6)20(18,19)14-8-4-2-3-7(8)5-15/h7-8,14-15H,2-5H2,1H3,(H,12,13)(H,16,17). The van der Waals surface area contributed by atoms with Crippen molar-refractivity contribution in [3.05, 3.63) is 11.4 Å². The molecule has 0 aliphatic heterocycles. The molecule has 8 nitrogen and oxygen atoms in total. The summed E-state index contributed by atoms with van der Waals surface area (Å²) >= 11 is 0. The lowest BCUT2D eigenvalue weighted by molar-refractivity contribution is 0.0686. The van der Waals surface area contributed by atoms with Crippen LogP contribution in [0.2, 0.25) is 0 Å². The molecule has 1 fully saturated rings. The van der Waals surface area contributed by atoms with Crippen LogP contribution in [0.1, 0.15) is 35.4 Å². The van der Waals surface area contributed by atoms with Crippen LogP contribution in [0, 0.1) is 12.8 Å². The summed E-state index contributed by atoms with van der Waals surface area (Å²) in [6.07, 6.45) is 2.21. The summed E-state index contributed by atoms with van der Waals surface area (Å²) in [5, 5.41) is 24.1. The number of H-pyrrole nitrogens is 1. The second-order valence-electron chi connectivity index (χ2n) is 4.93. The lowest BCUT2D eigenvalue weighted by Gasteiger charge is -2.18. The fourth-order valence-corrected chi connectivity index (χ4v) is 4.22. The van der Waals surface area contributed by atoms with Crippen molar-refractivity contribution >= 4 is 16.0 Å². The van der Waals surface area contributed by atoms with Crippen LogP contribution in [0.5, 0.6) is 0 Å². The Bertz CT molecular complexity index is 610. The first kappa shape index (κ1) is 14.9. The quantitative estimate of drug-likeness (QED) is 0.598. The number of aliphatic hydroxyl groups excluding tert-OH is 1. The molecule has 9 heteroatoms. The molecular weight excluding hydrogens is 286 g/mol. The van der Waals surface area contributed by atoms with Crippen LogP contribution < -0.4 is 4.72 Å². The Morgan fingerprint density at radius 3 is 2.80 bits per heavy atom. The normalized spacial score (nSPS) is 23.1. The van der Waals surface area contributed by atoms with Crippen molar-refractivity contribution in [1.29, 1.82) is 0 Å². The number of aliphatic hydroxyl groups is 1. The molecule has 1 aliphatic rings. The molecule has 0 saturated heterocycles. The van der Waals surface area contributed by atoms with Crippen LogP contribution in [0.4, 0.5) is 0 Å². The van der Waals surface area contributed by atoms with Crippen molar-refractivity contribution in [1.82, 2.24) is 14.9 Å². The zero-order valence-electron chi connectivity index (χ0n) is 11.0. The first-order valence-corrected chi connectivity index (χ1v) is 7.76. The minimum Gasteiger partial charge on any atom is -0.476 e. The summed E-state index contributed by atoms with van der Waals surface area (Å²) in [4.78, 5) is 10.7. The molecule has 0 bridgehead atoms. The number of aromatic nitrogens is 2. The number of aromatic amines is 1. The van der Waals surface area contributed by atoms with E-state index in [0.29, 0.717) is 6.42 Å². The number of hydrogen-bond acceptors (Lipinski definition) is 5. The third kappa shape index (κ3) is 2.69. The molecule has 0 radical (unpaired) electrons. The van der Waals surface area contributed by atoms with Gasteiger partial charge in [0.25, 0.3) is 0 Å². The molecule has 2 atom stereocenters. The number of nitrogens with zero attached hydrogens (tertiary/aromatic N) is 1. The molecule has 2 unspecified atom stereocenters. The third-order valence-electron chi connectivity index (χ3n) is 3.56. The summed E-state index contributed by atoms with van der Waals surface area (Å²) in [6, 6.07) is -0.374. The predicted octanol–water partition coefficient (Wildman–Crippen LogP) is -0.144. The summed E-state index contributed by atoms with van der Waals surface area (Å²) in [5.74, 6) is -1.54. The van der Waals surface area contributed by atoms with Gasteiger partial charge in [-0.2, -0.15) is 5.10 Å². The van der Waals surface area contributed by atoms with Gasteiger partial charge in [0.15, 0.2) is 5.69 Å². The summed E-state index contributed by atoms with van der Waals surface area (Å²) < 4.78 is 27.2. The molecular formula is C11H17N3O5S.